The van der Waals surface area contributed by atoms with E-state index in [-0.39, 0.29) is 55.4 Å². The van der Waals surface area contributed by atoms with Gasteiger partial charge in [0.25, 0.3) is 0 Å². The Hall–Kier alpha value is -0.930. The van der Waals surface area contributed by atoms with Gasteiger partial charge in [-0.1, -0.05) is 83.1 Å². The van der Waals surface area contributed by atoms with Crippen LogP contribution in [0.1, 0.15) is 83.1 Å². The average Bonchev–Trinajstić information content (AvgIpc) is 3.01. The Morgan fingerprint density at radius 3 is 0.600 bits per heavy atom. The normalized spacial score (nSPS) is 14.5. The van der Waals surface area contributed by atoms with Crippen LogP contribution >= 0.6 is 31.7 Å². The van der Waals surface area contributed by atoms with Crippen LogP contribution in [-0.2, 0) is 22.4 Å². The summed E-state index contributed by atoms with van der Waals surface area (Å²) in [6.07, 6.45) is 19.3. The maximum Gasteiger partial charge on any atom is 1.00 e. The van der Waals surface area contributed by atoms with Gasteiger partial charge in [-0.15, -0.1) is 0 Å². The molecule has 4 aromatic heterocycles. The van der Waals surface area contributed by atoms with E-state index >= 15 is 0 Å². The Labute approximate surface area is 328 Å². The zero-order valence-electron chi connectivity index (χ0n) is 31.8. The monoisotopic (exact) mass is 956 g/mol. The Morgan fingerprint density at radius 2 is 0.480 bits per heavy atom. The molecule has 0 spiro atoms. The molecule has 0 amide bonds. The van der Waals surface area contributed by atoms with Crippen molar-refractivity contribution in [2.24, 2.45) is 0 Å². The molecule has 4 aromatic rings. The molecule has 0 saturated heterocycles. The van der Waals surface area contributed by atoms with E-state index in [0.717, 1.165) is 46.9 Å². The first-order valence-corrected chi connectivity index (χ1v) is 22.7. The van der Waals surface area contributed by atoms with E-state index in [2.05, 4.69) is 123 Å². The molecule has 278 valence electrons. The molecule has 50 heavy (non-hydrogen) atoms. The summed E-state index contributed by atoms with van der Waals surface area (Å²) in [6.45, 7) is 27.6. The van der Waals surface area contributed by atoms with Gasteiger partial charge in [0.15, 0.2) is 22.3 Å². The van der Waals surface area contributed by atoms with Gasteiger partial charge in [-0.3, -0.25) is 0 Å². The third kappa shape index (κ3) is 15.2. The standard InChI is InChI=1S/2C18H28N4P2.Au.ClH/c2*1-17(2,3)23(15-19-9-7-10-20-15)13-14-24(18(4,5)6)16-21-11-8-12-22-16;;/h2*7-12H,13-14H2,1-6H3;;1H/q;;+1;/p-1. The zero-order chi connectivity index (χ0) is 35.6. The minimum Gasteiger partial charge on any atom is -1.00 e. The van der Waals surface area contributed by atoms with Gasteiger partial charge in [-0.25, -0.2) is 39.9 Å². The van der Waals surface area contributed by atoms with Crippen LogP contribution in [0, 0.1) is 0 Å². The third-order valence-corrected chi connectivity index (χ3v) is 20.2. The van der Waals surface area contributed by atoms with Crippen LogP contribution < -0.4 is 34.7 Å². The molecule has 8 nitrogen and oxygen atoms in total. The van der Waals surface area contributed by atoms with Crippen molar-refractivity contribution in [2.45, 2.75) is 104 Å². The van der Waals surface area contributed by atoms with Crippen LogP contribution in [0.25, 0.3) is 0 Å². The summed E-state index contributed by atoms with van der Waals surface area (Å²) in [5, 5.41) is 0.750. The van der Waals surface area contributed by atoms with E-state index in [9.17, 15) is 0 Å². The molecule has 4 atom stereocenters. The second kappa shape index (κ2) is 21.1. The number of halogens is 1. The van der Waals surface area contributed by atoms with E-state index in [4.69, 9.17) is 0 Å². The molecule has 0 radical (unpaired) electrons. The Balaban J connectivity index is 0.000000481. The Bertz CT molecular complexity index is 1260. The van der Waals surface area contributed by atoms with Gasteiger partial charge < -0.3 is 12.4 Å². The molecule has 4 unspecified atom stereocenters. The molecule has 0 aliphatic carbocycles. The fourth-order valence-corrected chi connectivity index (χ4v) is 15.8. The molecule has 4 heterocycles. The Morgan fingerprint density at radius 1 is 0.340 bits per heavy atom. The molecule has 14 heteroatoms. The predicted octanol–water partition coefficient (Wildman–Crippen LogP) is 4.56. The topological polar surface area (TPSA) is 103 Å². The fraction of sp³-hybridized carbons (Fsp3) is 0.556. The van der Waals surface area contributed by atoms with E-state index in [1.807, 2.05) is 73.8 Å². The second-order valence-electron chi connectivity index (χ2n) is 15.5. The van der Waals surface area contributed by atoms with Crippen molar-refractivity contribution in [1.82, 2.24) is 39.9 Å². The summed E-state index contributed by atoms with van der Waals surface area (Å²) in [6, 6.07) is 7.55. The van der Waals surface area contributed by atoms with Crippen LogP contribution in [0.5, 0.6) is 0 Å². The van der Waals surface area contributed by atoms with Gasteiger partial charge in [0.1, 0.15) is 0 Å². The molecule has 0 aliphatic rings. The predicted molar refractivity (Wildman–Crippen MR) is 213 cm³/mol. The van der Waals surface area contributed by atoms with Gasteiger partial charge in [0.05, 0.1) is 0 Å². The number of aromatic nitrogens is 8. The fourth-order valence-electron chi connectivity index (χ4n) is 5.06. The smallest absolute Gasteiger partial charge is 1.00 e. The minimum atomic E-state index is -0.428. The summed E-state index contributed by atoms with van der Waals surface area (Å²) >= 11 is 0. The maximum absolute atomic E-state index is 4.55. The van der Waals surface area contributed by atoms with Crippen molar-refractivity contribution >= 4 is 53.9 Å². The molecule has 4 rings (SSSR count). The number of hydrogen-bond donors (Lipinski definition) is 0. The maximum atomic E-state index is 4.55. The van der Waals surface area contributed by atoms with Crippen molar-refractivity contribution < 1.29 is 34.8 Å². The van der Waals surface area contributed by atoms with Gasteiger partial charge >= 0.3 is 22.4 Å². The largest absolute Gasteiger partial charge is 1.00 e. The zero-order valence-corrected chi connectivity index (χ0v) is 38.3. The van der Waals surface area contributed by atoms with Gasteiger partial charge in [-0.2, -0.15) is 0 Å². The van der Waals surface area contributed by atoms with Gasteiger partial charge in [0, 0.05) is 49.6 Å². The third-order valence-electron chi connectivity index (χ3n) is 7.51. The van der Waals surface area contributed by atoms with E-state index in [1.54, 1.807) is 0 Å². The minimum absolute atomic E-state index is 0. The molecule has 0 saturated carbocycles. The van der Waals surface area contributed by atoms with Crippen molar-refractivity contribution in [3.8, 4) is 0 Å². The van der Waals surface area contributed by atoms with E-state index < -0.39 is 31.7 Å². The molecule has 0 aliphatic heterocycles. The first kappa shape index (κ1) is 47.1. The molecular formula is C36H56AuClN8P4. The summed E-state index contributed by atoms with van der Waals surface area (Å²) < 4.78 is 0. The summed E-state index contributed by atoms with van der Waals surface area (Å²) in [7, 11) is -1.71. The summed E-state index contributed by atoms with van der Waals surface area (Å²) in [4.78, 5) is 36.4. The van der Waals surface area contributed by atoms with Crippen LogP contribution in [0.2, 0.25) is 0 Å². The molecular weight excluding hydrogens is 901 g/mol. The van der Waals surface area contributed by atoms with Crippen molar-refractivity contribution in [3.63, 3.8) is 0 Å². The number of rotatable bonds is 10. The average molecular weight is 957 g/mol. The first-order valence-electron chi connectivity index (χ1n) is 16.6. The molecule has 0 fully saturated rings. The molecule has 0 aromatic carbocycles. The number of hydrogen-bond acceptors (Lipinski definition) is 8. The van der Waals surface area contributed by atoms with Crippen molar-refractivity contribution in [2.75, 3.05) is 24.6 Å². The second-order valence-corrected chi connectivity index (χ2v) is 27.7. The summed E-state index contributed by atoms with van der Waals surface area (Å²) in [5.74, 6) is 0. The quantitative estimate of drug-likeness (QED) is 0.169. The summed E-state index contributed by atoms with van der Waals surface area (Å²) in [5.41, 5.74) is 4.05. The van der Waals surface area contributed by atoms with Crippen molar-refractivity contribution in [1.29, 1.82) is 0 Å². The van der Waals surface area contributed by atoms with Gasteiger partial charge in [-0.05, 0) is 101 Å². The molecule has 0 N–H and O–H groups in total. The van der Waals surface area contributed by atoms with Gasteiger partial charge in [0.2, 0.25) is 0 Å². The van der Waals surface area contributed by atoms with Crippen LogP contribution in [-0.4, -0.2) is 85.1 Å². The first-order chi connectivity index (χ1) is 22.4. The van der Waals surface area contributed by atoms with Crippen LogP contribution in [0.4, 0.5) is 0 Å². The van der Waals surface area contributed by atoms with E-state index in [0.29, 0.717) is 0 Å². The SMILES string of the molecule is CC(C)(C)P(CCP(c1ncccn1)C(C)(C)C)c1ncccn1.CC(C)(C)P(CCP(c1ncccn1)C(C)(C)C)c1ncccn1.[Au+].[Cl-]. The Kier molecular flexibility index (Phi) is 19.9. The van der Waals surface area contributed by atoms with E-state index in [1.165, 1.54) is 0 Å². The van der Waals surface area contributed by atoms with Crippen molar-refractivity contribution in [3.05, 3.63) is 73.8 Å². The van der Waals surface area contributed by atoms with Crippen LogP contribution in [0.3, 0.4) is 0 Å². The number of nitrogens with zero attached hydrogens (tertiary/aromatic N) is 8. The van der Waals surface area contributed by atoms with Crippen LogP contribution in [0.15, 0.2) is 73.8 Å². The molecule has 0 bridgehead atoms.